The van der Waals surface area contributed by atoms with Gasteiger partial charge in [0.2, 0.25) is 0 Å². The lowest BCUT2D eigenvalue weighted by molar-refractivity contribution is 0.568. The van der Waals surface area contributed by atoms with E-state index in [9.17, 15) is 4.79 Å². The Labute approximate surface area is 95.7 Å². The average Bonchev–Trinajstić information content (AvgIpc) is 2.38. The number of nitriles is 1. The smallest absolute Gasteiger partial charge is 0.344 e. The van der Waals surface area contributed by atoms with Gasteiger partial charge in [-0.15, -0.1) is 0 Å². The van der Waals surface area contributed by atoms with Crippen LogP contribution in [-0.4, -0.2) is 4.98 Å². The van der Waals surface area contributed by atoms with Gasteiger partial charge in [0.1, 0.15) is 5.52 Å². The van der Waals surface area contributed by atoms with Gasteiger partial charge >= 0.3 is 5.63 Å². The van der Waals surface area contributed by atoms with Crippen molar-refractivity contribution in [3.05, 3.63) is 52.5 Å². The fourth-order valence-corrected chi connectivity index (χ4v) is 1.82. The summed E-state index contributed by atoms with van der Waals surface area (Å²) in [5.41, 5.74) is 1.07. The van der Waals surface area contributed by atoms with Crippen molar-refractivity contribution in [2.24, 2.45) is 0 Å². The minimum atomic E-state index is -0.447. The van der Waals surface area contributed by atoms with Gasteiger partial charge in [0.15, 0.2) is 5.58 Å². The molecule has 4 nitrogen and oxygen atoms in total. The number of aromatic nitrogens is 1. The highest BCUT2D eigenvalue weighted by Gasteiger charge is 2.08. The summed E-state index contributed by atoms with van der Waals surface area (Å²) in [5.74, 6) is 0. The Morgan fingerprint density at radius 2 is 2.12 bits per heavy atom. The molecule has 0 N–H and O–H groups in total. The predicted octanol–water partition coefficient (Wildman–Crippen LogP) is 2.21. The summed E-state index contributed by atoms with van der Waals surface area (Å²) >= 11 is 0. The molecule has 0 atom stereocenters. The van der Waals surface area contributed by atoms with Crippen LogP contribution in [0.5, 0.6) is 0 Å². The van der Waals surface area contributed by atoms with Crippen LogP contribution < -0.4 is 5.63 Å². The van der Waals surface area contributed by atoms with Gasteiger partial charge in [-0.05, 0) is 24.3 Å². The van der Waals surface area contributed by atoms with E-state index >= 15 is 0 Å². The van der Waals surface area contributed by atoms with Gasteiger partial charge in [0, 0.05) is 11.6 Å². The Hall–Kier alpha value is -2.67. The number of rotatable bonds is 0. The molecule has 0 aliphatic rings. The first-order chi connectivity index (χ1) is 8.29. The van der Waals surface area contributed by atoms with Gasteiger partial charge in [0.25, 0.3) is 0 Å². The zero-order chi connectivity index (χ0) is 11.8. The Balaban J connectivity index is 2.60. The third kappa shape index (κ3) is 1.37. The first-order valence-electron chi connectivity index (χ1n) is 5.01. The molecule has 1 aromatic carbocycles. The molecule has 0 unspecified atom stereocenters. The van der Waals surface area contributed by atoms with Crippen molar-refractivity contribution in [1.82, 2.24) is 4.98 Å². The summed E-state index contributed by atoms with van der Waals surface area (Å²) in [7, 11) is 0. The predicted molar refractivity (Wildman–Crippen MR) is 62.5 cm³/mol. The second-order valence-electron chi connectivity index (χ2n) is 3.61. The molecular formula is C13H6N2O2. The number of fused-ring (bicyclic) bond motifs is 3. The van der Waals surface area contributed by atoms with Crippen LogP contribution in [0.3, 0.4) is 0 Å². The summed E-state index contributed by atoms with van der Waals surface area (Å²) in [6.07, 6.45) is 1.64. The summed E-state index contributed by atoms with van der Waals surface area (Å²) in [6.45, 7) is 0. The van der Waals surface area contributed by atoms with Gasteiger partial charge in [-0.25, -0.2) is 4.79 Å². The minimum Gasteiger partial charge on any atom is -0.421 e. The maximum absolute atomic E-state index is 11.8. The third-order valence-corrected chi connectivity index (χ3v) is 2.60. The molecule has 0 saturated carbocycles. The lowest BCUT2D eigenvalue weighted by Gasteiger charge is -2.00. The van der Waals surface area contributed by atoms with E-state index < -0.39 is 5.63 Å². The summed E-state index contributed by atoms with van der Waals surface area (Å²) in [6, 6.07) is 10.3. The second-order valence-corrected chi connectivity index (χ2v) is 3.61. The third-order valence-electron chi connectivity index (χ3n) is 2.60. The molecule has 0 fully saturated rings. The number of benzene rings is 1. The van der Waals surface area contributed by atoms with Crippen molar-refractivity contribution in [3.63, 3.8) is 0 Å². The number of hydrogen-bond donors (Lipinski definition) is 0. The van der Waals surface area contributed by atoms with Gasteiger partial charge in [-0.3, -0.25) is 4.98 Å². The van der Waals surface area contributed by atoms with Crippen molar-refractivity contribution in [2.45, 2.75) is 0 Å². The molecule has 0 radical (unpaired) electrons. The number of hydrogen-bond acceptors (Lipinski definition) is 4. The van der Waals surface area contributed by atoms with Crippen LogP contribution in [0.25, 0.3) is 21.9 Å². The van der Waals surface area contributed by atoms with E-state index in [1.54, 1.807) is 30.5 Å². The van der Waals surface area contributed by atoms with Crippen LogP contribution in [0, 0.1) is 11.3 Å². The lowest BCUT2D eigenvalue weighted by Crippen LogP contribution is -2.00. The number of nitrogens with zero attached hydrogens (tertiary/aromatic N) is 2. The average molecular weight is 222 g/mol. The molecule has 3 rings (SSSR count). The topological polar surface area (TPSA) is 66.9 Å². The quantitative estimate of drug-likeness (QED) is 0.547. The maximum atomic E-state index is 11.8. The van der Waals surface area contributed by atoms with E-state index in [0.29, 0.717) is 27.4 Å². The molecule has 4 heteroatoms. The molecule has 0 saturated heterocycles. The molecule has 2 heterocycles. The first kappa shape index (κ1) is 9.55. The van der Waals surface area contributed by atoms with Crippen LogP contribution in [-0.2, 0) is 0 Å². The highest BCUT2D eigenvalue weighted by Crippen LogP contribution is 2.21. The van der Waals surface area contributed by atoms with Crippen molar-refractivity contribution in [1.29, 1.82) is 5.26 Å². The molecule has 3 aromatic rings. The van der Waals surface area contributed by atoms with Gasteiger partial charge in [-0.2, -0.15) is 5.26 Å². The van der Waals surface area contributed by atoms with E-state index in [4.69, 9.17) is 9.68 Å². The summed E-state index contributed by atoms with van der Waals surface area (Å²) < 4.78 is 5.15. The molecule has 0 spiro atoms. The summed E-state index contributed by atoms with van der Waals surface area (Å²) in [5, 5.41) is 9.89. The molecular weight excluding hydrogens is 216 g/mol. The molecule has 0 aliphatic carbocycles. The fraction of sp³-hybridized carbons (Fsp3) is 0. The Morgan fingerprint density at radius 3 is 2.94 bits per heavy atom. The van der Waals surface area contributed by atoms with Crippen LogP contribution in [0.4, 0.5) is 0 Å². The van der Waals surface area contributed by atoms with E-state index in [-0.39, 0.29) is 0 Å². The van der Waals surface area contributed by atoms with Crippen molar-refractivity contribution >= 4 is 21.9 Å². The van der Waals surface area contributed by atoms with E-state index in [1.165, 1.54) is 6.07 Å². The fourth-order valence-electron chi connectivity index (χ4n) is 1.82. The highest BCUT2D eigenvalue weighted by atomic mass is 16.4. The van der Waals surface area contributed by atoms with Crippen molar-refractivity contribution in [3.8, 4) is 6.07 Å². The largest absolute Gasteiger partial charge is 0.421 e. The Morgan fingerprint density at radius 1 is 1.24 bits per heavy atom. The van der Waals surface area contributed by atoms with E-state index in [1.807, 2.05) is 6.07 Å². The van der Waals surface area contributed by atoms with E-state index in [2.05, 4.69) is 4.98 Å². The zero-order valence-corrected chi connectivity index (χ0v) is 8.68. The molecule has 0 amide bonds. The normalized spacial score (nSPS) is 10.5. The minimum absolute atomic E-state index is 0.384. The van der Waals surface area contributed by atoms with Crippen molar-refractivity contribution < 1.29 is 4.42 Å². The molecule has 0 bridgehead atoms. The van der Waals surface area contributed by atoms with Crippen LogP contribution in [0.1, 0.15) is 5.56 Å². The molecule has 0 aliphatic heterocycles. The van der Waals surface area contributed by atoms with Crippen LogP contribution >= 0.6 is 0 Å². The second kappa shape index (κ2) is 3.42. The monoisotopic (exact) mass is 222 g/mol. The van der Waals surface area contributed by atoms with Gasteiger partial charge in [0.05, 0.1) is 17.0 Å². The van der Waals surface area contributed by atoms with Crippen molar-refractivity contribution in [2.75, 3.05) is 0 Å². The lowest BCUT2D eigenvalue weighted by atomic mass is 10.1. The molecule has 17 heavy (non-hydrogen) atoms. The van der Waals surface area contributed by atoms with Crippen LogP contribution in [0.15, 0.2) is 45.7 Å². The summed E-state index contributed by atoms with van der Waals surface area (Å²) in [4.78, 5) is 15.9. The van der Waals surface area contributed by atoms with E-state index in [0.717, 1.165) is 0 Å². The number of pyridine rings is 1. The van der Waals surface area contributed by atoms with Gasteiger partial charge < -0.3 is 4.42 Å². The Kier molecular flexibility index (Phi) is 1.92. The maximum Gasteiger partial charge on any atom is 0.344 e. The first-order valence-corrected chi connectivity index (χ1v) is 5.01. The Bertz CT molecular complexity index is 828. The molecule has 2 aromatic heterocycles. The molecule has 80 valence electrons. The standard InChI is InChI=1S/C13H6N2O2/c14-7-8-3-4-9-10(6-8)13(16)17-11-2-1-5-15-12(9)11/h1-6H. The SMILES string of the molecule is N#Cc1ccc2c(c1)c(=O)oc1cccnc12. The van der Waals surface area contributed by atoms with Crippen LogP contribution in [0.2, 0.25) is 0 Å². The van der Waals surface area contributed by atoms with Gasteiger partial charge in [-0.1, -0.05) is 6.07 Å². The zero-order valence-electron chi connectivity index (χ0n) is 8.68. The highest BCUT2D eigenvalue weighted by molar-refractivity contribution is 6.01.